The molecule has 0 aliphatic heterocycles. The molecule has 0 saturated heterocycles. The van der Waals surface area contributed by atoms with Crippen molar-refractivity contribution in [2.45, 2.75) is 55.4 Å². The summed E-state index contributed by atoms with van der Waals surface area (Å²) < 4.78 is 51.5. The Balaban J connectivity index is 1.81. The first-order valence-corrected chi connectivity index (χ1v) is 21.5. The summed E-state index contributed by atoms with van der Waals surface area (Å²) in [6.07, 6.45) is 0. The zero-order valence-electron chi connectivity index (χ0n) is 40.1. The Labute approximate surface area is 386 Å². The molecular weight excluding hydrogens is 853 g/mol. The van der Waals surface area contributed by atoms with Gasteiger partial charge in [-0.05, 0) is 47.9 Å². The molecule has 0 spiro atoms. The molecule has 0 unspecified atom stereocenters. The number of carbonyl (C=O) groups is 4. The topological polar surface area (TPSA) is 213 Å². The molecule has 3 amide bonds. The Hall–Kier alpha value is -7.04. The van der Waals surface area contributed by atoms with E-state index in [1.165, 1.54) is 78.0 Å². The number of esters is 1. The Morgan fingerprint density at radius 2 is 0.712 bits per heavy atom. The van der Waals surface area contributed by atoms with Crippen molar-refractivity contribution in [1.82, 2.24) is 0 Å². The van der Waals surface area contributed by atoms with Gasteiger partial charge in [0.2, 0.25) is 0 Å². The lowest BCUT2D eigenvalue weighted by Crippen LogP contribution is -2.20. The Morgan fingerprint density at radius 3 is 1.11 bits per heavy atom. The van der Waals surface area contributed by atoms with E-state index in [4.69, 9.17) is 48.4 Å². The summed E-state index contributed by atoms with van der Waals surface area (Å²) in [4.78, 5) is 55.6. The van der Waals surface area contributed by atoms with Gasteiger partial charge in [-0.25, -0.2) is 4.79 Å². The SMILES string of the molecule is COC(=O)c1cc(NC(=O)c2cc(NC(=O)c3cc(NC(=O)c4cc(N)c(OCC(C)C)cc4OCC(C)C)c(OC)cc3OC)c(OCC(C)C)cc2OCC(C)C)c(OC)cc1OC. The highest BCUT2D eigenvalue weighted by Gasteiger charge is 2.27. The molecule has 4 aromatic carbocycles. The van der Waals surface area contributed by atoms with Crippen LogP contribution in [0.15, 0.2) is 48.5 Å². The van der Waals surface area contributed by atoms with Crippen molar-refractivity contribution in [2.75, 3.05) is 83.7 Å². The van der Waals surface area contributed by atoms with Crippen molar-refractivity contribution in [3.05, 3.63) is 70.8 Å². The van der Waals surface area contributed by atoms with Crippen LogP contribution in [0.25, 0.3) is 0 Å². The fraction of sp³-hybridized carbons (Fsp3) is 0.429. The minimum Gasteiger partial charge on any atom is -0.496 e. The van der Waals surface area contributed by atoms with Crippen molar-refractivity contribution in [3.63, 3.8) is 0 Å². The molecule has 4 rings (SSSR count). The number of methoxy groups -OCH3 is 5. The Kier molecular flexibility index (Phi) is 18.6. The lowest BCUT2D eigenvalue weighted by atomic mass is 10.1. The highest BCUT2D eigenvalue weighted by Crippen LogP contribution is 2.40. The zero-order chi connectivity index (χ0) is 48.8. The van der Waals surface area contributed by atoms with Crippen LogP contribution in [0.2, 0.25) is 0 Å². The van der Waals surface area contributed by atoms with Gasteiger partial charge in [-0.3, -0.25) is 14.4 Å². The molecule has 0 bridgehead atoms. The van der Waals surface area contributed by atoms with Gasteiger partial charge >= 0.3 is 5.97 Å². The fourth-order valence-corrected chi connectivity index (χ4v) is 6.11. The van der Waals surface area contributed by atoms with E-state index < -0.39 is 23.7 Å². The maximum Gasteiger partial charge on any atom is 0.341 e. The second-order valence-electron chi connectivity index (χ2n) is 16.9. The molecule has 17 nitrogen and oxygen atoms in total. The second kappa shape index (κ2) is 23.8. The number of anilines is 4. The summed E-state index contributed by atoms with van der Waals surface area (Å²) in [6.45, 7) is 17.0. The number of benzene rings is 4. The predicted octanol–water partition coefficient (Wildman–Crippen LogP) is 8.99. The summed E-state index contributed by atoms with van der Waals surface area (Å²) in [5.41, 5.74) is 7.11. The molecule has 0 atom stereocenters. The number of hydrogen-bond donors (Lipinski definition) is 4. The summed E-state index contributed by atoms with van der Waals surface area (Å²) in [6, 6.07) is 11.7. The van der Waals surface area contributed by atoms with Gasteiger partial charge in [0.05, 0.1) is 101 Å². The van der Waals surface area contributed by atoms with Crippen molar-refractivity contribution in [3.8, 4) is 46.0 Å². The predicted molar refractivity (Wildman–Crippen MR) is 253 cm³/mol. The van der Waals surface area contributed by atoms with E-state index in [0.717, 1.165) is 0 Å². The number of hydrogen-bond acceptors (Lipinski definition) is 14. The molecule has 0 radical (unpaired) electrons. The monoisotopic (exact) mass is 916 g/mol. The first-order valence-electron chi connectivity index (χ1n) is 21.5. The van der Waals surface area contributed by atoms with Crippen molar-refractivity contribution >= 4 is 46.4 Å². The summed E-state index contributed by atoms with van der Waals surface area (Å²) >= 11 is 0. The van der Waals surface area contributed by atoms with Gasteiger partial charge in [-0.2, -0.15) is 0 Å². The molecule has 0 fully saturated rings. The first-order chi connectivity index (χ1) is 31.3. The lowest BCUT2D eigenvalue weighted by molar-refractivity contribution is 0.0596. The fourth-order valence-electron chi connectivity index (χ4n) is 6.11. The van der Waals surface area contributed by atoms with Gasteiger partial charge in [-0.15, -0.1) is 0 Å². The molecule has 0 aliphatic carbocycles. The van der Waals surface area contributed by atoms with Crippen LogP contribution >= 0.6 is 0 Å². The van der Waals surface area contributed by atoms with Gasteiger partial charge in [0.15, 0.2) is 0 Å². The molecule has 0 aliphatic rings. The van der Waals surface area contributed by atoms with Crippen molar-refractivity contribution in [2.24, 2.45) is 23.7 Å². The maximum absolute atomic E-state index is 14.5. The van der Waals surface area contributed by atoms with E-state index in [0.29, 0.717) is 19.0 Å². The van der Waals surface area contributed by atoms with Crippen LogP contribution in [0, 0.1) is 23.7 Å². The van der Waals surface area contributed by atoms with Crippen LogP contribution in [0.3, 0.4) is 0 Å². The minimum absolute atomic E-state index is 0.00497. The Morgan fingerprint density at radius 1 is 0.409 bits per heavy atom. The van der Waals surface area contributed by atoms with Crippen LogP contribution in [-0.2, 0) is 4.74 Å². The number of nitrogens with two attached hydrogens (primary N) is 1. The zero-order valence-corrected chi connectivity index (χ0v) is 40.1. The highest BCUT2D eigenvalue weighted by molar-refractivity contribution is 6.13. The van der Waals surface area contributed by atoms with E-state index in [1.54, 1.807) is 6.07 Å². The standard InChI is InChI=1S/C49H64N4O13/c1-26(2)22-63-40-20-42(65-24-28(5)6)34(50)14-30(40)46(54)51-35-15-31(38(58-9)18-43(35)60-11)47(55)53-37-16-32(41(64-23-27(3)4)21-45(37)66-25-29(7)8)48(56)52-36-17-33(49(57)62-13)39(59-10)19-44(36)61-12/h14-21,26-29H,22-25,50H2,1-13H3,(H,51,54)(H,52,56)(H,53,55). The lowest BCUT2D eigenvalue weighted by Gasteiger charge is -2.21. The minimum atomic E-state index is -0.703. The average Bonchev–Trinajstić information content (AvgIpc) is 3.28. The molecular formula is C49H64N4O13. The number of ether oxygens (including phenoxy) is 9. The van der Waals surface area contributed by atoms with E-state index in [9.17, 15) is 19.2 Å². The quantitative estimate of drug-likeness (QED) is 0.0404. The molecule has 0 aromatic heterocycles. The molecule has 358 valence electrons. The number of amides is 3. The summed E-state index contributed by atoms with van der Waals surface area (Å²) in [5, 5.41) is 8.53. The Bertz CT molecular complexity index is 2360. The van der Waals surface area contributed by atoms with Gasteiger partial charge in [0.25, 0.3) is 17.7 Å². The number of nitrogen functional groups attached to an aromatic ring is 1. The van der Waals surface area contributed by atoms with Crippen LogP contribution in [0.1, 0.15) is 96.8 Å². The van der Waals surface area contributed by atoms with Crippen LogP contribution in [0.4, 0.5) is 22.7 Å². The number of carbonyl (C=O) groups excluding carboxylic acids is 4. The normalized spacial score (nSPS) is 11.0. The van der Waals surface area contributed by atoms with Gasteiger partial charge in [0, 0.05) is 24.3 Å². The van der Waals surface area contributed by atoms with E-state index in [2.05, 4.69) is 16.0 Å². The third-order valence-electron chi connectivity index (χ3n) is 9.41. The molecule has 5 N–H and O–H groups in total. The van der Waals surface area contributed by atoms with Gasteiger partial charge in [0.1, 0.15) is 51.6 Å². The molecule has 0 saturated carbocycles. The van der Waals surface area contributed by atoms with Gasteiger partial charge in [-0.1, -0.05) is 55.4 Å². The third kappa shape index (κ3) is 13.5. The average molecular weight is 917 g/mol. The van der Waals surface area contributed by atoms with E-state index in [-0.39, 0.29) is 122 Å². The number of rotatable bonds is 23. The smallest absolute Gasteiger partial charge is 0.341 e. The van der Waals surface area contributed by atoms with Crippen LogP contribution in [0.5, 0.6) is 46.0 Å². The van der Waals surface area contributed by atoms with E-state index in [1.807, 2.05) is 55.4 Å². The number of nitrogens with one attached hydrogen (secondary N) is 3. The molecule has 66 heavy (non-hydrogen) atoms. The van der Waals surface area contributed by atoms with E-state index >= 15 is 0 Å². The summed E-state index contributed by atoms with van der Waals surface area (Å²) in [5.74, 6) is -0.533. The molecule has 17 heteroatoms. The first kappa shape index (κ1) is 51.6. The van der Waals surface area contributed by atoms with Crippen molar-refractivity contribution in [1.29, 1.82) is 0 Å². The van der Waals surface area contributed by atoms with Gasteiger partial charge < -0.3 is 64.3 Å². The van der Waals surface area contributed by atoms with Crippen LogP contribution in [-0.4, -0.2) is 85.7 Å². The summed E-state index contributed by atoms with van der Waals surface area (Å²) in [7, 11) is 6.80. The molecule has 4 aromatic rings. The molecule has 0 heterocycles. The largest absolute Gasteiger partial charge is 0.496 e. The van der Waals surface area contributed by atoms with Crippen molar-refractivity contribution < 1.29 is 61.8 Å². The third-order valence-corrected chi connectivity index (χ3v) is 9.41. The van der Waals surface area contributed by atoms with Crippen LogP contribution < -0.4 is 59.6 Å². The highest BCUT2D eigenvalue weighted by atomic mass is 16.5. The maximum atomic E-state index is 14.5. The second-order valence-corrected chi connectivity index (χ2v) is 16.9.